The van der Waals surface area contributed by atoms with Gasteiger partial charge in [-0.25, -0.2) is 4.98 Å². The predicted molar refractivity (Wildman–Crippen MR) is 82.5 cm³/mol. The SMILES string of the molecule is Cc1nc(C2CCN(C(=O)c3cc(C#N)c(O)nc3C(F)(F)F)CC2)no1. The second kappa shape index (κ2) is 6.86. The molecule has 0 saturated carbocycles. The largest absolute Gasteiger partial charge is 0.492 e. The van der Waals surface area contributed by atoms with Crippen molar-refractivity contribution in [3.63, 3.8) is 0 Å². The van der Waals surface area contributed by atoms with Crippen LogP contribution in [0.15, 0.2) is 10.6 Å². The average Bonchev–Trinajstić information content (AvgIpc) is 3.06. The van der Waals surface area contributed by atoms with E-state index in [1.54, 1.807) is 6.92 Å². The Hall–Kier alpha value is -3.16. The first-order valence-corrected chi connectivity index (χ1v) is 8.01. The number of hydrogen-bond donors (Lipinski definition) is 1. The molecule has 2 aromatic rings. The number of likely N-dealkylation sites (tertiary alicyclic amines) is 1. The van der Waals surface area contributed by atoms with Crippen LogP contribution >= 0.6 is 0 Å². The fourth-order valence-corrected chi connectivity index (χ4v) is 2.96. The van der Waals surface area contributed by atoms with Gasteiger partial charge < -0.3 is 14.5 Å². The van der Waals surface area contributed by atoms with E-state index >= 15 is 0 Å². The number of hydrogen-bond acceptors (Lipinski definition) is 7. The van der Waals surface area contributed by atoms with Crippen LogP contribution in [0.3, 0.4) is 0 Å². The molecular weight excluding hydrogens is 367 g/mol. The summed E-state index contributed by atoms with van der Waals surface area (Å²) < 4.78 is 44.6. The number of aromatic hydroxyl groups is 1. The first-order chi connectivity index (χ1) is 12.7. The number of nitrogens with zero attached hydrogens (tertiary/aromatic N) is 5. The van der Waals surface area contributed by atoms with Crippen LogP contribution in [0.2, 0.25) is 0 Å². The highest BCUT2D eigenvalue weighted by atomic mass is 19.4. The number of rotatable bonds is 2. The van der Waals surface area contributed by atoms with Gasteiger partial charge in [-0.15, -0.1) is 0 Å². The highest BCUT2D eigenvalue weighted by Crippen LogP contribution is 2.34. The minimum Gasteiger partial charge on any atom is -0.492 e. The summed E-state index contributed by atoms with van der Waals surface area (Å²) in [6, 6.07) is 2.25. The molecular formula is C16H14F3N5O3. The van der Waals surface area contributed by atoms with E-state index in [2.05, 4.69) is 15.1 Å². The van der Waals surface area contributed by atoms with Gasteiger partial charge in [0.1, 0.15) is 11.6 Å². The number of carbonyl (C=O) groups is 1. The molecule has 8 nitrogen and oxygen atoms in total. The fourth-order valence-electron chi connectivity index (χ4n) is 2.96. The van der Waals surface area contributed by atoms with Crippen LogP contribution in [-0.2, 0) is 6.18 Å². The van der Waals surface area contributed by atoms with Gasteiger partial charge in [-0.2, -0.15) is 23.4 Å². The molecule has 0 atom stereocenters. The highest BCUT2D eigenvalue weighted by molar-refractivity contribution is 5.96. The highest BCUT2D eigenvalue weighted by Gasteiger charge is 2.40. The minimum absolute atomic E-state index is 0.0544. The molecule has 0 aliphatic carbocycles. The molecule has 2 aromatic heterocycles. The smallest absolute Gasteiger partial charge is 0.434 e. The lowest BCUT2D eigenvalue weighted by Crippen LogP contribution is -2.39. The van der Waals surface area contributed by atoms with E-state index in [9.17, 15) is 23.1 Å². The number of nitriles is 1. The van der Waals surface area contributed by atoms with Crippen LogP contribution in [-0.4, -0.2) is 44.1 Å². The lowest BCUT2D eigenvalue weighted by Gasteiger charge is -2.31. The summed E-state index contributed by atoms with van der Waals surface area (Å²) in [5.41, 5.74) is -2.77. The predicted octanol–water partition coefficient (Wildman–Crippen LogP) is 2.39. The fraction of sp³-hybridized carbons (Fsp3) is 0.438. The first-order valence-electron chi connectivity index (χ1n) is 8.01. The molecule has 3 rings (SSSR count). The summed E-state index contributed by atoms with van der Waals surface area (Å²) in [5, 5.41) is 22.2. The lowest BCUT2D eigenvalue weighted by atomic mass is 9.95. The average molecular weight is 381 g/mol. The molecule has 0 radical (unpaired) electrons. The van der Waals surface area contributed by atoms with Gasteiger partial charge in [-0.1, -0.05) is 5.16 Å². The standard InChI is InChI=1S/C16H14F3N5O3/c1-8-21-13(23-27-8)9-2-4-24(5-3-9)15(26)11-6-10(7-20)14(25)22-12(11)16(17,18)19/h6,9H,2-5H2,1H3,(H,22,25). The summed E-state index contributed by atoms with van der Waals surface area (Å²) in [7, 11) is 0. The maximum atomic E-state index is 13.2. The quantitative estimate of drug-likeness (QED) is 0.849. The summed E-state index contributed by atoms with van der Waals surface area (Å²) in [4.78, 5) is 21.1. The molecule has 1 fully saturated rings. The van der Waals surface area contributed by atoms with Gasteiger partial charge >= 0.3 is 6.18 Å². The van der Waals surface area contributed by atoms with E-state index in [0.717, 1.165) is 6.07 Å². The Bertz CT molecular complexity index is 911. The summed E-state index contributed by atoms with van der Waals surface area (Å²) in [6.07, 6.45) is -4.03. The van der Waals surface area contributed by atoms with Crippen LogP contribution in [0.5, 0.6) is 5.88 Å². The third-order valence-electron chi connectivity index (χ3n) is 4.31. The Morgan fingerprint density at radius 2 is 2.04 bits per heavy atom. The number of carbonyl (C=O) groups excluding carboxylic acids is 1. The van der Waals surface area contributed by atoms with Gasteiger partial charge in [-0.3, -0.25) is 4.79 Å². The molecule has 27 heavy (non-hydrogen) atoms. The van der Waals surface area contributed by atoms with Crippen molar-refractivity contribution < 1.29 is 27.6 Å². The molecule has 1 aliphatic rings. The molecule has 1 aliphatic heterocycles. The number of aryl methyl sites for hydroxylation is 1. The van der Waals surface area contributed by atoms with Crippen LogP contribution < -0.4 is 0 Å². The Balaban J connectivity index is 1.83. The van der Waals surface area contributed by atoms with Crippen molar-refractivity contribution in [2.24, 2.45) is 0 Å². The molecule has 0 aromatic carbocycles. The Morgan fingerprint density at radius 1 is 1.37 bits per heavy atom. The van der Waals surface area contributed by atoms with Crippen LogP contribution in [0.1, 0.15) is 52.1 Å². The first kappa shape index (κ1) is 18.6. The third kappa shape index (κ3) is 3.69. The lowest BCUT2D eigenvalue weighted by molar-refractivity contribution is -0.141. The topological polar surface area (TPSA) is 116 Å². The van der Waals surface area contributed by atoms with Crippen molar-refractivity contribution >= 4 is 5.91 Å². The van der Waals surface area contributed by atoms with Crippen LogP contribution in [0.4, 0.5) is 13.2 Å². The van der Waals surface area contributed by atoms with E-state index in [1.807, 2.05) is 0 Å². The van der Waals surface area contributed by atoms with Crippen molar-refractivity contribution in [1.29, 1.82) is 5.26 Å². The summed E-state index contributed by atoms with van der Waals surface area (Å²) in [5.74, 6) is -1.09. The molecule has 3 heterocycles. The molecule has 1 saturated heterocycles. The third-order valence-corrected chi connectivity index (χ3v) is 4.31. The Kier molecular flexibility index (Phi) is 4.73. The van der Waals surface area contributed by atoms with Crippen molar-refractivity contribution in [2.75, 3.05) is 13.1 Å². The molecule has 0 spiro atoms. The zero-order valence-corrected chi connectivity index (χ0v) is 14.1. The summed E-state index contributed by atoms with van der Waals surface area (Å²) >= 11 is 0. The molecule has 1 amide bonds. The van der Waals surface area contributed by atoms with Gasteiger partial charge in [0, 0.05) is 25.9 Å². The number of halogens is 3. The number of piperidine rings is 1. The zero-order valence-electron chi connectivity index (χ0n) is 14.1. The maximum Gasteiger partial charge on any atom is 0.434 e. The van der Waals surface area contributed by atoms with Gasteiger partial charge in [0.05, 0.1) is 5.56 Å². The van der Waals surface area contributed by atoms with Gasteiger partial charge in [0.25, 0.3) is 5.91 Å². The van der Waals surface area contributed by atoms with E-state index in [-0.39, 0.29) is 19.0 Å². The normalized spacial score (nSPS) is 15.6. The van der Waals surface area contributed by atoms with Gasteiger partial charge in [0.2, 0.25) is 11.8 Å². The number of pyridine rings is 1. The van der Waals surface area contributed by atoms with Gasteiger partial charge in [0.15, 0.2) is 11.5 Å². The van der Waals surface area contributed by atoms with Crippen LogP contribution in [0, 0.1) is 18.3 Å². The number of aromatic nitrogens is 3. The van der Waals surface area contributed by atoms with Gasteiger partial charge in [-0.05, 0) is 18.9 Å². The Labute approximate surface area is 151 Å². The van der Waals surface area contributed by atoms with Crippen molar-refractivity contribution in [3.8, 4) is 11.9 Å². The Morgan fingerprint density at radius 3 is 2.56 bits per heavy atom. The van der Waals surface area contributed by atoms with Crippen molar-refractivity contribution in [2.45, 2.75) is 31.9 Å². The van der Waals surface area contributed by atoms with E-state index < -0.39 is 34.8 Å². The monoisotopic (exact) mass is 381 g/mol. The second-order valence-corrected chi connectivity index (χ2v) is 6.10. The second-order valence-electron chi connectivity index (χ2n) is 6.10. The van der Waals surface area contributed by atoms with Crippen molar-refractivity contribution in [1.82, 2.24) is 20.0 Å². The molecule has 142 valence electrons. The van der Waals surface area contributed by atoms with E-state index in [4.69, 9.17) is 9.78 Å². The van der Waals surface area contributed by atoms with Crippen molar-refractivity contribution in [3.05, 3.63) is 34.6 Å². The van der Waals surface area contributed by atoms with Crippen LogP contribution in [0.25, 0.3) is 0 Å². The summed E-state index contributed by atoms with van der Waals surface area (Å²) in [6.45, 7) is 2.03. The van der Waals surface area contributed by atoms with E-state index in [1.165, 1.54) is 11.0 Å². The number of alkyl halides is 3. The van der Waals surface area contributed by atoms with E-state index in [0.29, 0.717) is 24.6 Å². The molecule has 1 N–H and O–H groups in total. The maximum absolute atomic E-state index is 13.2. The molecule has 0 unspecified atom stereocenters. The number of amides is 1. The molecule has 11 heteroatoms. The minimum atomic E-state index is -4.95. The zero-order chi connectivity index (χ0) is 19.8. The molecule has 0 bridgehead atoms.